The van der Waals surface area contributed by atoms with Crippen LogP contribution in [-0.4, -0.2) is 62.4 Å². The first-order chi connectivity index (χ1) is 8.30. The van der Waals surface area contributed by atoms with Crippen molar-refractivity contribution in [1.82, 2.24) is 10.2 Å². The van der Waals surface area contributed by atoms with Gasteiger partial charge in [0.15, 0.2) is 0 Å². The molecule has 7 heteroatoms. The molecule has 1 aliphatic rings. The van der Waals surface area contributed by atoms with Gasteiger partial charge in [0.05, 0.1) is 5.75 Å². The van der Waals surface area contributed by atoms with Gasteiger partial charge in [0.2, 0.25) is 0 Å². The van der Waals surface area contributed by atoms with Crippen molar-refractivity contribution in [3.63, 3.8) is 0 Å². The standard InChI is InChI=1S/C9H20N2.C2H7NO3S/c1-8(2)11-6-4-9(10-3)5-7-11;3-1-2-7(4,5)6/h8-10H,4-7H2,1-3H3;1-3H2,(H,4,5,6). The van der Waals surface area contributed by atoms with Gasteiger partial charge in [-0.25, -0.2) is 0 Å². The largest absolute Gasteiger partial charge is 0.329 e. The van der Waals surface area contributed by atoms with Crippen LogP contribution in [0, 0.1) is 0 Å². The molecule has 0 radical (unpaired) electrons. The molecule has 1 rings (SSSR count). The number of likely N-dealkylation sites (tertiary alicyclic amines) is 1. The zero-order valence-corrected chi connectivity index (χ0v) is 12.4. The molecular weight excluding hydrogens is 254 g/mol. The maximum absolute atomic E-state index is 9.71. The number of piperidine rings is 1. The maximum atomic E-state index is 9.71. The Bertz CT molecular complexity index is 299. The average molecular weight is 281 g/mol. The Kier molecular flexibility index (Phi) is 8.71. The average Bonchev–Trinajstić information content (AvgIpc) is 2.28. The van der Waals surface area contributed by atoms with Crippen LogP contribution in [0.1, 0.15) is 26.7 Å². The van der Waals surface area contributed by atoms with Gasteiger partial charge in [0.1, 0.15) is 0 Å². The molecule has 0 spiro atoms. The summed E-state index contributed by atoms with van der Waals surface area (Å²) in [7, 11) is -1.73. The predicted molar refractivity (Wildman–Crippen MR) is 74.3 cm³/mol. The fraction of sp³-hybridized carbons (Fsp3) is 1.00. The molecule has 6 nitrogen and oxygen atoms in total. The third-order valence-corrected chi connectivity index (χ3v) is 3.80. The Labute approximate surface area is 111 Å². The van der Waals surface area contributed by atoms with E-state index in [2.05, 4.69) is 31.1 Å². The zero-order valence-electron chi connectivity index (χ0n) is 11.6. The Hall–Kier alpha value is -0.210. The van der Waals surface area contributed by atoms with Crippen molar-refractivity contribution in [2.45, 2.75) is 38.8 Å². The number of nitrogens with two attached hydrogens (primary N) is 1. The molecule has 0 aromatic rings. The van der Waals surface area contributed by atoms with Crippen LogP contribution in [-0.2, 0) is 10.1 Å². The van der Waals surface area contributed by atoms with Crippen molar-refractivity contribution >= 4 is 10.1 Å². The summed E-state index contributed by atoms with van der Waals surface area (Å²) in [5, 5.41) is 3.34. The van der Waals surface area contributed by atoms with E-state index >= 15 is 0 Å². The molecule has 1 aliphatic heterocycles. The van der Waals surface area contributed by atoms with Crippen molar-refractivity contribution in [2.24, 2.45) is 5.73 Å². The maximum Gasteiger partial charge on any atom is 0.266 e. The second kappa shape index (κ2) is 8.82. The van der Waals surface area contributed by atoms with Crippen molar-refractivity contribution in [1.29, 1.82) is 0 Å². The first-order valence-corrected chi connectivity index (χ1v) is 7.97. The molecule has 0 aromatic carbocycles. The van der Waals surface area contributed by atoms with Gasteiger partial charge in [-0.2, -0.15) is 8.42 Å². The highest BCUT2D eigenvalue weighted by molar-refractivity contribution is 7.85. The quantitative estimate of drug-likeness (QED) is 0.623. The molecule has 0 bridgehead atoms. The minimum absolute atomic E-state index is 0.0289. The lowest BCUT2D eigenvalue weighted by atomic mass is 10.0. The number of hydrogen-bond acceptors (Lipinski definition) is 5. The van der Waals surface area contributed by atoms with Crippen molar-refractivity contribution in [3.8, 4) is 0 Å². The molecule has 0 atom stereocenters. The van der Waals surface area contributed by atoms with Gasteiger partial charge < -0.3 is 16.0 Å². The van der Waals surface area contributed by atoms with Gasteiger partial charge in [0, 0.05) is 18.6 Å². The Morgan fingerprint density at radius 3 is 2.11 bits per heavy atom. The van der Waals surface area contributed by atoms with Crippen LogP contribution in [0.2, 0.25) is 0 Å². The lowest BCUT2D eigenvalue weighted by molar-refractivity contribution is 0.164. The predicted octanol–water partition coefficient (Wildman–Crippen LogP) is -0.0885. The van der Waals surface area contributed by atoms with E-state index in [9.17, 15) is 8.42 Å². The molecule has 0 aliphatic carbocycles. The Morgan fingerprint density at radius 1 is 1.39 bits per heavy atom. The van der Waals surface area contributed by atoms with Crippen LogP contribution in [0.4, 0.5) is 0 Å². The number of hydrogen-bond donors (Lipinski definition) is 3. The summed E-state index contributed by atoms with van der Waals surface area (Å²) in [6.45, 7) is 7.06. The van der Waals surface area contributed by atoms with E-state index in [4.69, 9.17) is 10.3 Å². The second-order valence-electron chi connectivity index (χ2n) is 4.77. The summed E-state index contributed by atoms with van der Waals surface area (Å²) in [6.07, 6.45) is 2.63. The summed E-state index contributed by atoms with van der Waals surface area (Å²) in [4.78, 5) is 2.55. The molecule has 18 heavy (non-hydrogen) atoms. The first-order valence-electron chi connectivity index (χ1n) is 6.36. The minimum Gasteiger partial charge on any atom is -0.329 e. The smallest absolute Gasteiger partial charge is 0.266 e. The van der Waals surface area contributed by atoms with Crippen LogP contribution in [0.25, 0.3) is 0 Å². The first kappa shape index (κ1) is 17.8. The highest BCUT2D eigenvalue weighted by atomic mass is 32.2. The lowest BCUT2D eigenvalue weighted by Gasteiger charge is -2.34. The van der Waals surface area contributed by atoms with Gasteiger partial charge >= 0.3 is 0 Å². The molecule has 1 heterocycles. The van der Waals surface area contributed by atoms with Crippen molar-refractivity contribution in [2.75, 3.05) is 32.4 Å². The zero-order chi connectivity index (χ0) is 14.2. The van der Waals surface area contributed by atoms with Crippen LogP contribution < -0.4 is 11.1 Å². The molecule has 0 aromatic heterocycles. The topological polar surface area (TPSA) is 95.7 Å². The highest BCUT2D eigenvalue weighted by Crippen LogP contribution is 2.11. The Morgan fingerprint density at radius 2 is 1.89 bits per heavy atom. The normalized spacial score (nSPS) is 18.6. The number of nitrogens with zero attached hydrogens (tertiary/aromatic N) is 1. The van der Waals surface area contributed by atoms with Gasteiger partial charge in [-0.1, -0.05) is 0 Å². The monoisotopic (exact) mass is 281 g/mol. The molecule has 4 N–H and O–H groups in total. The van der Waals surface area contributed by atoms with Gasteiger partial charge in [-0.3, -0.25) is 4.55 Å². The van der Waals surface area contributed by atoms with E-state index < -0.39 is 10.1 Å². The fourth-order valence-electron chi connectivity index (χ4n) is 1.85. The SMILES string of the molecule is CNC1CCN(C(C)C)CC1.NCCS(=O)(=O)O. The van der Waals surface area contributed by atoms with Gasteiger partial charge in [-0.05, 0) is 46.8 Å². The highest BCUT2D eigenvalue weighted by Gasteiger charge is 2.18. The van der Waals surface area contributed by atoms with E-state index in [0.717, 1.165) is 12.1 Å². The number of rotatable bonds is 4. The van der Waals surface area contributed by atoms with Gasteiger partial charge in [-0.15, -0.1) is 0 Å². The van der Waals surface area contributed by atoms with Crippen molar-refractivity contribution < 1.29 is 13.0 Å². The third-order valence-electron chi connectivity index (χ3n) is 3.04. The van der Waals surface area contributed by atoms with E-state index in [1.165, 1.54) is 25.9 Å². The van der Waals surface area contributed by atoms with Crippen LogP contribution >= 0.6 is 0 Å². The third kappa shape index (κ3) is 8.82. The molecule has 0 unspecified atom stereocenters. The van der Waals surface area contributed by atoms with Crippen LogP contribution in [0.5, 0.6) is 0 Å². The minimum atomic E-state index is -3.80. The molecular formula is C11H27N3O3S. The lowest BCUT2D eigenvalue weighted by Crippen LogP contribution is -2.43. The summed E-state index contributed by atoms with van der Waals surface area (Å²) in [5.41, 5.74) is 4.78. The van der Waals surface area contributed by atoms with Crippen LogP contribution in [0.3, 0.4) is 0 Å². The summed E-state index contributed by atoms with van der Waals surface area (Å²) >= 11 is 0. The van der Waals surface area contributed by atoms with E-state index in [1.807, 2.05) is 0 Å². The summed E-state index contributed by atoms with van der Waals surface area (Å²) in [5.74, 6) is -0.354. The summed E-state index contributed by atoms with van der Waals surface area (Å²) < 4.78 is 27.3. The van der Waals surface area contributed by atoms with E-state index in [-0.39, 0.29) is 12.3 Å². The molecule has 1 fully saturated rings. The van der Waals surface area contributed by atoms with Crippen LogP contribution in [0.15, 0.2) is 0 Å². The van der Waals surface area contributed by atoms with Crippen molar-refractivity contribution in [3.05, 3.63) is 0 Å². The van der Waals surface area contributed by atoms with Gasteiger partial charge in [0.25, 0.3) is 10.1 Å². The molecule has 110 valence electrons. The molecule has 1 saturated heterocycles. The number of nitrogens with one attached hydrogen (secondary N) is 1. The molecule has 0 saturated carbocycles. The Balaban J connectivity index is 0.000000360. The van der Waals surface area contributed by atoms with E-state index in [0.29, 0.717) is 0 Å². The second-order valence-corrected chi connectivity index (χ2v) is 6.34. The molecule has 0 amide bonds. The van der Waals surface area contributed by atoms with E-state index in [1.54, 1.807) is 0 Å². The fourth-order valence-corrected chi connectivity index (χ4v) is 2.15. The summed E-state index contributed by atoms with van der Waals surface area (Å²) in [6, 6.07) is 1.50.